The summed E-state index contributed by atoms with van der Waals surface area (Å²) in [6, 6.07) is 12.8. The van der Waals surface area contributed by atoms with Gasteiger partial charge < -0.3 is 0 Å². The minimum atomic E-state index is -3.10. The molecule has 0 aromatic heterocycles. The smallest absolute Gasteiger partial charge is 0.273 e. The highest BCUT2D eigenvalue weighted by Crippen LogP contribution is 2.19. The molecule has 2 aromatic carbocycles. The summed E-state index contributed by atoms with van der Waals surface area (Å²) in [5.74, 6) is -0.889. The molecule has 106 valence electrons. The van der Waals surface area contributed by atoms with E-state index < -0.39 is 12.5 Å². The van der Waals surface area contributed by atoms with Crippen LogP contribution in [-0.4, -0.2) is 21.5 Å². The lowest BCUT2D eigenvalue weighted by Gasteiger charge is -2.22. The maximum atomic E-state index is 12.7. The Kier molecular flexibility index (Phi) is 4.75. The fourth-order valence-corrected chi connectivity index (χ4v) is 2.16. The van der Waals surface area contributed by atoms with Crippen LogP contribution in [0.1, 0.15) is 5.56 Å². The summed E-state index contributed by atoms with van der Waals surface area (Å²) in [6.07, 6.45) is -0.217. The first kappa shape index (κ1) is 15.0. The van der Waals surface area contributed by atoms with Crippen LogP contribution in [0, 0.1) is 0 Å². The van der Waals surface area contributed by atoms with E-state index in [1.807, 2.05) is 30.3 Å². The topological polar surface area (TPSA) is 23.6 Å². The highest BCUT2D eigenvalue weighted by atomic mass is 35.5. The molecule has 0 unspecified atom stereocenters. The fraction of sp³-hybridized carbons (Fsp3) is 0.154. The van der Waals surface area contributed by atoms with Gasteiger partial charge in [0, 0.05) is 23.6 Å². The van der Waals surface area contributed by atoms with E-state index in [-0.39, 0.29) is 15.5 Å². The maximum absolute atomic E-state index is 12.7. The van der Waals surface area contributed by atoms with Gasteiger partial charge in [0.25, 0.3) is 0 Å². The molecule has 0 radical (unpaired) electrons. The number of hydrogen-bond acceptors (Lipinski definition) is 2. The number of amides is 1. The van der Waals surface area contributed by atoms with E-state index >= 15 is 0 Å². The summed E-state index contributed by atoms with van der Waals surface area (Å²) >= 11 is 10.4. The quantitative estimate of drug-likeness (QED) is 0.484. The second kappa shape index (κ2) is 6.35. The molecule has 0 bridgehead atoms. The Morgan fingerprint density at radius 2 is 1.75 bits per heavy atom. The second-order valence-electron chi connectivity index (χ2n) is 4.09. The number of rotatable bonds is 4. The van der Waals surface area contributed by atoms with Gasteiger partial charge in [-0.05, 0) is 20.4 Å². The van der Waals surface area contributed by atoms with Crippen molar-refractivity contribution in [2.75, 3.05) is 0 Å². The summed E-state index contributed by atoms with van der Waals surface area (Å²) in [5, 5.41) is 1.92. The Morgan fingerprint density at radius 3 is 2.35 bits per heavy atom. The van der Waals surface area contributed by atoms with Crippen LogP contribution in [0.5, 0.6) is 0 Å². The van der Waals surface area contributed by atoms with E-state index in [0.29, 0.717) is 5.56 Å². The molecule has 0 atom stereocenters. The van der Waals surface area contributed by atoms with Crippen LogP contribution in [0.4, 0.5) is 8.78 Å². The number of carbonyl (C=O) groups is 1. The summed E-state index contributed by atoms with van der Waals surface area (Å²) in [5.41, 5.74) is 0.606. The van der Waals surface area contributed by atoms with Gasteiger partial charge in [0.2, 0.25) is 5.91 Å². The van der Waals surface area contributed by atoms with Gasteiger partial charge in [-0.1, -0.05) is 42.5 Å². The molecule has 0 heterocycles. The molecule has 20 heavy (non-hydrogen) atoms. The van der Waals surface area contributed by atoms with Crippen LogP contribution < -0.4 is 0 Å². The van der Waals surface area contributed by atoms with Gasteiger partial charge >= 0.3 is 6.55 Å². The van der Waals surface area contributed by atoms with Crippen LogP contribution in [0.25, 0.3) is 10.8 Å². The Hall–Kier alpha value is -1.43. The lowest BCUT2D eigenvalue weighted by atomic mass is 10.0. The second-order valence-corrected chi connectivity index (χ2v) is 4.90. The fourth-order valence-electron chi connectivity index (χ4n) is 1.86. The summed E-state index contributed by atoms with van der Waals surface area (Å²) in [6.45, 7) is -3.10. The molecule has 0 aliphatic carbocycles. The zero-order valence-corrected chi connectivity index (χ0v) is 11.7. The average molecular weight is 319 g/mol. The van der Waals surface area contributed by atoms with Crippen molar-refractivity contribution in [1.82, 2.24) is 9.06 Å². The summed E-state index contributed by atoms with van der Waals surface area (Å²) < 4.78 is 25.4. The average Bonchev–Trinajstić information content (AvgIpc) is 2.37. The van der Waals surface area contributed by atoms with Crippen molar-refractivity contribution in [1.29, 1.82) is 0 Å². The van der Waals surface area contributed by atoms with Crippen LogP contribution in [0.2, 0.25) is 0 Å². The normalized spacial score (nSPS) is 11.3. The van der Waals surface area contributed by atoms with Gasteiger partial charge in [-0.25, -0.2) is 0 Å². The van der Waals surface area contributed by atoms with Crippen molar-refractivity contribution < 1.29 is 13.6 Å². The van der Waals surface area contributed by atoms with Crippen LogP contribution >= 0.6 is 23.6 Å². The predicted molar refractivity (Wildman–Crippen MR) is 74.0 cm³/mol. The molecule has 2 rings (SSSR count). The Bertz CT molecular complexity index is 614. The third-order valence-electron chi connectivity index (χ3n) is 2.77. The largest absolute Gasteiger partial charge is 0.332 e. The SMILES string of the molecule is O=C(Cc1ccc2ccccc2c1)N(C(F)F)N(Cl)Cl. The molecular weight excluding hydrogens is 309 g/mol. The minimum Gasteiger partial charge on any atom is -0.273 e. The van der Waals surface area contributed by atoms with Crippen molar-refractivity contribution in [2.45, 2.75) is 13.0 Å². The molecule has 3 nitrogen and oxygen atoms in total. The van der Waals surface area contributed by atoms with E-state index in [0.717, 1.165) is 10.8 Å². The zero-order chi connectivity index (χ0) is 14.7. The van der Waals surface area contributed by atoms with E-state index in [1.54, 1.807) is 12.1 Å². The van der Waals surface area contributed by atoms with Crippen molar-refractivity contribution >= 4 is 40.2 Å². The Labute approximate surface area is 124 Å². The minimum absolute atomic E-state index is 0.0156. The first-order valence-electron chi connectivity index (χ1n) is 5.68. The number of fused-ring (bicyclic) bond motifs is 1. The predicted octanol–water partition coefficient (Wildman–Crippen LogP) is 3.96. The molecule has 2 aromatic rings. The van der Waals surface area contributed by atoms with Gasteiger partial charge in [-0.3, -0.25) is 4.79 Å². The third-order valence-corrected chi connectivity index (χ3v) is 3.10. The molecule has 7 heteroatoms. The van der Waals surface area contributed by atoms with E-state index in [9.17, 15) is 13.6 Å². The van der Waals surface area contributed by atoms with Gasteiger partial charge in [0.05, 0.1) is 6.42 Å². The third kappa shape index (κ3) is 3.36. The Morgan fingerprint density at radius 1 is 1.10 bits per heavy atom. The maximum Gasteiger partial charge on any atom is 0.332 e. The highest BCUT2D eigenvalue weighted by Gasteiger charge is 2.27. The summed E-state index contributed by atoms with van der Waals surface area (Å²) in [7, 11) is 0. The molecular formula is C13H10Cl2F2N2O. The molecule has 0 aliphatic rings. The van der Waals surface area contributed by atoms with Gasteiger partial charge in [0.15, 0.2) is 0 Å². The molecule has 1 amide bonds. The molecule has 0 saturated heterocycles. The standard InChI is InChI=1S/C13H10Cl2F2N2O/c14-19(15)18(13(16)17)12(20)8-9-5-6-10-3-1-2-4-11(10)7-9/h1-7,13H,8H2. The first-order chi connectivity index (χ1) is 9.49. The molecule has 0 N–H and O–H groups in total. The van der Waals surface area contributed by atoms with Crippen molar-refractivity contribution in [3.63, 3.8) is 0 Å². The van der Waals surface area contributed by atoms with E-state index in [4.69, 9.17) is 23.6 Å². The van der Waals surface area contributed by atoms with Gasteiger partial charge in [-0.15, -0.1) is 0 Å². The van der Waals surface area contributed by atoms with Crippen molar-refractivity contribution in [2.24, 2.45) is 0 Å². The van der Waals surface area contributed by atoms with Gasteiger partial charge in [0.1, 0.15) is 0 Å². The number of halogens is 4. The van der Waals surface area contributed by atoms with Crippen LogP contribution in [-0.2, 0) is 11.2 Å². The van der Waals surface area contributed by atoms with Crippen molar-refractivity contribution in [3.8, 4) is 0 Å². The number of carbonyl (C=O) groups excluding carboxylic acids is 1. The zero-order valence-electron chi connectivity index (χ0n) is 10.1. The molecule has 0 spiro atoms. The van der Waals surface area contributed by atoms with E-state index in [1.165, 1.54) is 0 Å². The number of hydrogen-bond donors (Lipinski definition) is 0. The molecule has 0 aliphatic heterocycles. The van der Waals surface area contributed by atoms with Crippen LogP contribution in [0.3, 0.4) is 0 Å². The lowest BCUT2D eigenvalue weighted by molar-refractivity contribution is -0.157. The summed E-state index contributed by atoms with van der Waals surface area (Å²) in [4.78, 5) is 11.8. The van der Waals surface area contributed by atoms with E-state index in [2.05, 4.69) is 0 Å². The first-order valence-corrected chi connectivity index (χ1v) is 6.36. The highest BCUT2D eigenvalue weighted by molar-refractivity contribution is 6.33. The van der Waals surface area contributed by atoms with Crippen molar-refractivity contribution in [3.05, 3.63) is 48.0 Å². The van der Waals surface area contributed by atoms with Crippen LogP contribution in [0.15, 0.2) is 42.5 Å². The number of hydrazine groups is 1. The number of nitrogens with zero attached hydrogens (tertiary/aromatic N) is 2. The van der Waals surface area contributed by atoms with Gasteiger partial charge in [-0.2, -0.15) is 13.8 Å². The number of benzene rings is 2. The molecule has 0 saturated carbocycles. The molecule has 0 fully saturated rings. The monoisotopic (exact) mass is 318 g/mol. The Balaban J connectivity index is 2.20. The lowest BCUT2D eigenvalue weighted by Crippen LogP contribution is -2.41. The number of alkyl halides is 2.